The van der Waals surface area contributed by atoms with Gasteiger partial charge >= 0.3 is 6.18 Å². The molecule has 0 amide bonds. The van der Waals surface area contributed by atoms with Crippen molar-refractivity contribution in [3.63, 3.8) is 0 Å². The summed E-state index contributed by atoms with van der Waals surface area (Å²) in [7, 11) is 0.500. The Kier molecular flexibility index (Phi) is 7.51. The summed E-state index contributed by atoms with van der Waals surface area (Å²) in [5.41, 5.74) is 1.20. The Morgan fingerprint density at radius 1 is 0.800 bits per heavy atom. The van der Waals surface area contributed by atoms with Crippen molar-refractivity contribution in [3.05, 3.63) is 78.1 Å². The molecule has 1 fully saturated rings. The summed E-state index contributed by atoms with van der Waals surface area (Å²) < 4.78 is 78.0. The minimum atomic E-state index is -4.55. The number of para-hydroxylation sites is 1. The number of halogens is 6. The van der Waals surface area contributed by atoms with Gasteiger partial charge < -0.3 is 14.8 Å². The molecule has 0 unspecified atom stereocenters. The molecule has 0 aliphatic carbocycles. The first-order valence-corrected chi connectivity index (χ1v) is 12.4. The zero-order valence-electron chi connectivity index (χ0n) is 21.3. The number of rotatable bonds is 4. The molecule has 3 aromatic heterocycles. The molecule has 2 aromatic carbocycles. The number of imidazole rings is 1. The maximum atomic E-state index is 13.9. The zero-order chi connectivity index (χ0) is 28.4. The Labute approximate surface area is 225 Å². The van der Waals surface area contributed by atoms with Crippen molar-refractivity contribution in [2.24, 2.45) is 0 Å². The van der Waals surface area contributed by atoms with Gasteiger partial charge in [0.15, 0.2) is 0 Å². The lowest BCUT2D eigenvalue weighted by molar-refractivity contribution is -0.137. The number of hydrogen-bond donors (Lipinski definition) is 1. The summed E-state index contributed by atoms with van der Waals surface area (Å²) >= 11 is 0. The maximum absolute atomic E-state index is 13.9. The van der Waals surface area contributed by atoms with Crippen LogP contribution >= 0.6 is 0 Å². The summed E-state index contributed by atoms with van der Waals surface area (Å²) in [6.45, 7) is 1.66. The number of H-pyrrole nitrogens is 1. The first-order valence-electron chi connectivity index (χ1n) is 12.4. The topological polar surface area (TPSA) is 60.9 Å². The monoisotopic (exact) mass is 558 g/mol. The van der Waals surface area contributed by atoms with Crippen LogP contribution in [0, 0.1) is 0 Å². The van der Waals surface area contributed by atoms with E-state index in [4.69, 9.17) is 4.98 Å². The molecule has 5 aromatic rings. The van der Waals surface area contributed by atoms with Gasteiger partial charge in [0.25, 0.3) is 6.43 Å². The van der Waals surface area contributed by atoms with Crippen LogP contribution in [0.25, 0.3) is 33.1 Å². The van der Waals surface area contributed by atoms with Crippen LogP contribution in [0.4, 0.5) is 38.1 Å². The van der Waals surface area contributed by atoms with Gasteiger partial charge in [-0.3, -0.25) is 9.37 Å². The van der Waals surface area contributed by atoms with Gasteiger partial charge in [-0.15, -0.1) is 0 Å². The number of aromatic amines is 1. The highest BCUT2D eigenvalue weighted by molar-refractivity contribution is 6.02. The molecule has 0 spiro atoms. The summed E-state index contributed by atoms with van der Waals surface area (Å²) in [4.78, 5) is 20.0. The van der Waals surface area contributed by atoms with Crippen LogP contribution in [0.5, 0.6) is 0 Å². The van der Waals surface area contributed by atoms with Crippen molar-refractivity contribution < 1.29 is 26.3 Å². The quantitative estimate of drug-likeness (QED) is 0.240. The number of hydrogen-bond acceptors (Lipinski definition) is 5. The summed E-state index contributed by atoms with van der Waals surface area (Å²) in [6, 6.07) is 14.0. The molecule has 6 nitrogen and oxygen atoms in total. The van der Waals surface area contributed by atoms with Gasteiger partial charge in [-0.1, -0.05) is 24.3 Å². The smallest absolute Gasteiger partial charge is 0.353 e. The van der Waals surface area contributed by atoms with Crippen LogP contribution < -0.4 is 9.80 Å². The first kappa shape index (κ1) is 27.2. The van der Waals surface area contributed by atoms with E-state index in [1.807, 2.05) is 17.0 Å². The Balaban J connectivity index is 0.00000158. The van der Waals surface area contributed by atoms with E-state index in [0.29, 0.717) is 61.5 Å². The number of benzene rings is 2. The van der Waals surface area contributed by atoms with Crippen LogP contribution in [-0.4, -0.2) is 53.3 Å². The highest BCUT2D eigenvalue weighted by atomic mass is 19.4. The maximum Gasteiger partial charge on any atom is 0.416 e. The summed E-state index contributed by atoms with van der Waals surface area (Å²) in [6.07, 6.45) is -4.11. The van der Waals surface area contributed by atoms with Crippen LogP contribution in [0.15, 0.2) is 67.0 Å². The summed E-state index contributed by atoms with van der Waals surface area (Å²) in [5.74, 6) is 0.663. The Morgan fingerprint density at radius 3 is 2.20 bits per heavy atom. The second-order valence-electron chi connectivity index (χ2n) is 9.05. The second-order valence-corrected chi connectivity index (χ2v) is 9.05. The SMILES string of the molecule is CF.FC(F)c1cccnc1N1CCN(c2nc3c(-c4cccc5cccnc45)cc(C(F)(F)F)cc3[nH]2)CC1. The molecule has 12 heteroatoms. The van der Waals surface area contributed by atoms with E-state index < -0.39 is 18.2 Å². The molecule has 0 bridgehead atoms. The van der Waals surface area contributed by atoms with E-state index in [1.54, 1.807) is 29.3 Å². The number of alkyl halides is 6. The van der Waals surface area contributed by atoms with Crippen LogP contribution in [0.3, 0.4) is 0 Å². The van der Waals surface area contributed by atoms with Gasteiger partial charge in [-0.2, -0.15) is 13.2 Å². The third-order valence-corrected chi connectivity index (χ3v) is 6.76. The Morgan fingerprint density at radius 2 is 1.48 bits per heavy atom. The third kappa shape index (κ3) is 5.13. The second kappa shape index (κ2) is 11.0. The predicted molar refractivity (Wildman–Crippen MR) is 142 cm³/mol. The van der Waals surface area contributed by atoms with E-state index in [1.165, 1.54) is 18.3 Å². The molecule has 0 atom stereocenters. The van der Waals surface area contributed by atoms with Gasteiger partial charge in [0.05, 0.1) is 34.9 Å². The van der Waals surface area contributed by atoms with Crippen molar-refractivity contribution in [1.29, 1.82) is 0 Å². The molecule has 0 saturated carbocycles. The lowest BCUT2D eigenvalue weighted by Crippen LogP contribution is -2.47. The molecule has 0 radical (unpaired) electrons. The van der Waals surface area contributed by atoms with Crippen LogP contribution in [0.2, 0.25) is 0 Å². The van der Waals surface area contributed by atoms with E-state index in [-0.39, 0.29) is 16.9 Å². The number of aromatic nitrogens is 4. The van der Waals surface area contributed by atoms with Crippen molar-refractivity contribution in [2.45, 2.75) is 12.6 Å². The van der Waals surface area contributed by atoms with E-state index in [2.05, 4.69) is 15.0 Å². The lowest BCUT2D eigenvalue weighted by atomic mass is 9.98. The number of pyridine rings is 2. The number of fused-ring (bicyclic) bond motifs is 2. The van der Waals surface area contributed by atoms with E-state index in [0.717, 1.165) is 17.5 Å². The Bertz CT molecular complexity index is 1620. The molecule has 6 rings (SSSR count). The molecule has 208 valence electrons. The van der Waals surface area contributed by atoms with Crippen LogP contribution in [0.1, 0.15) is 17.6 Å². The number of piperazine rings is 1. The molecule has 40 heavy (non-hydrogen) atoms. The largest absolute Gasteiger partial charge is 0.416 e. The molecular formula is C28H24F6N6. The van der Waals surface area contributed by atoms with Gasteiger partial charge in [-0.25, -0.2) is 18.7 Å². The highest BCUT2D eigenvalue weighted by Gasteiger charge is 2.33. The van der Waals surface area contributed by atoms with Crippen molar-refractivity contribution in [3.8, 4) is 11.1 Å². The normalized spacial score (nSPS) is 14.1. The number of nitrogens with one attached hydrogen (secondary N) is 1. The average Bonchev–Trinajstić information content (AvgIpc) is 3.42. The molecule has 1 saturated heterocycles. The lowest BCUT2D eigenvalue weighted by Gasteiger charge is -2.36. The highest BCUT2D eigenvalue weighted by Crippen LogP contribution is 2.39. The van der Waals surface area contributed by atoms with Crippen LogP contribution in [-0.2, 0) is 6.18 Å². The molecule has 1 aliphatic rings. The molecule has 1 N–H and O–H groups in total. The van der Waals surface area contributed by atoms with E-state index in [9.17, 15) is 26.3 Å². The molecular weight excluding hydrogens is 534 g/mol. The summed E-state index contributed by atoms with van der Waals surface area (Å²) in [5, 5.41) is 0.806. The van der Waals surface area contributed by atoms with Gasteiger partial charge in [0, 0.05) is 55.1 Å². The van der Waals surface area contributed by atoms with Gasteiger partial charge in [0.1, 0.15) is 5.82 Å². The number of anilines is 2. The van der Waals surface area contributed by atoms with E-state index >= 15 is 0 Å². The van der Waals surface area contributed by atoms with Gasteiger partial charge in [0.2, 0.25) is 5.95 Å². The van der Waals surface area contributed by atoms with Crippen molar-refractivity contribution >= 4 is 33.7 Å². The molecule has 1 aliphatic heterocycles. The minimum absolute atomic E-state index is 0.127. The number of nitrogens with zero attached hydrogens (tertiary/aromatic N) is 5. The van der Waals surface area contributed by atoms with Crippen molar-refractivity contribution in [2.75, 3.05) is 43.2 Å². The first-order chi connectivity index (χ1) is 19.3. The Hall–Kier alpha value is -4.35. The zero-order valence-corrected chi connectivity index (χ0v) is 21.3. The fourth-order valence-corrected chi connectivity index (χ4v) is 4.92. The fourth-order valence-electron chi connectivity index (χ4n) is 4.92. The standard InChI is InChI=1S/C27H21F5N6.CH3F/c28-24(29)19-7-3-9-34-25(19)37-10-12-38(13-11-37)26-35-21-15-17(27(30,31)32)14-20(23(21)36-26)18-6-1-4-16-5-2-8-33-22(16)18;1-2/h1-9,14-15,24H,10-13H2,(H,35,36);1H3. The predicted octanol–water partition coefficient (Wildman–Crippen LogP) is 7.04. The van der Waals surface area contributed by atoms with Gasteiger partial charge in [-0.05, 0) is 30.3 Å². The average molecular weight is 559 g/mol. The third-order valence-electron chi connectivity index (χ3n) is 6.76. The van der Waals surface area contributed by atoms with Crippen molar-refractivity contribution in [1.82, 2.24) is 19.9 Å². The fraction of sp³-hybridized carbons (Fsp3) is 0.250. The molecule has 4 heterocycles. The minimum Gasteiger partial charge on any atom is -0.353 e.